The van der Waals surface area contributed by atoms with Gasteiger partial charge in [-0.25, -0.2) is 0 Å². The zero-order valence-corrected chi connectivity index (χ0v) is 15.7. The van der Waals surface area contributed by atoms with Crippen LogP contribution in [0.15, 0.2) is 54.7 Å². The van der Waals surface area contributed by atoms with Gasteiger partial charge >= 0.3 is 0 Å². The maximum absolute atomic E-state index is 12.8. The molecule has 0 spiro atoms. The number of hydrogen-bond donors (Lipinski definition) is 0. The maximum atomic E-state index is 12.8. The van der Waals surface area contributed by atoms with Crippen LogP contribution in [-0.2, 0) is 17.9 Å². The molecule has 1 aromatic heterocycles. The van der Waals surface area contributed by atoms with Crippen molar-refractivity contribution in [2.45, 2.75) is 13.1 Å². The SMILES string of the molecule is O=C(Cn1ccc2ccccc21)N1CCN(Cc2ccc3c(c2)OCO3)CC1. The predicted octanol–water partition coefficient (Wildman–Crippen LogP) is 2.71. The van der Waals surface area contributed by atoms with Gasteiger partial charge < -0.3 is 18.9 Å². The smallest absolute Gasteiger partial charge is 0.242 e. The van der Waals surface area contributed by atoms with E-state index in [9.17, 15) is 4.79 Å². The van der Waals surface area contributed by atoms with E-state index < -0.39 is 0 Å². The number of aromatic nitrogens is 1. The monoisotopic (exact) mass is 377 g/mol. The molecule has 0 radical (unpaired) electrons. The van der Waals surface area contributed by atoms with Crippen molar-refractivity contribution in [1.29, 1.82) is 0 Å². The number of fused-ring (bicyclic) bond motifs is 2. The number of nitrogens with zero attached hydrogens (tertiary/aromatic N) is 3. The standard InChI is InChI=1S/C22H23N3O3/c26-22(15-25-8-7-18-3-1-2-4-19(18)25)24-11-9-23(10-12-24)14-17-5-6-20-21(13-17)28-16-27-20/h1-8,13H,9-12,14-16H2. The fourth-order valence-corrected chi connectivity index (χ4v) is 3.98. The summed E-state index contributed by atoms with van der Waals surface area (Å²) in [5.41, 5.74) is 2.32. The Morgan fingerprint density at radius 2 is 1.75 bits per heavy atom. The Labute approximate surface area is 163 Å². The van der Waals surface area contributed by atoms with Crippen LogP contribution < -0.4 is 9.47 Å². The van der Waals surface area contributed by atoms with Crippen molar-refractivity contribution in [3.05, 3.63) is 60.3 Å². The molecule has 3 heterocycles. The van der Waals surface area contributed by atoms with Gasteiger partial charge in [0, 0.05) is 44.4 Å². The highest BCUT2D eigenvalue weighted by molar-refractivity contribution is 5.83. The lowest BCUT2D eigenvalue weighted by atomic mass is 10.1. The van der Waals surface area contributed by atoms with Crippen LogP contribution in [0.25, 0.3) is 10.9 Å². The summed E-state index contributed by atoms with van der Waals surface area (Å²) in [7, 11) is 0. The molecule has 1 saturated heterocycles. The van der Waals surface area contributed by atoms with Gasteiger partial charge in [-0.2, -0.15) is 0 Å². The molecule has 0 N–H and O–H groups in total. The molecule has 0 unspecified atom stereocenters. The summed E-state index contributed by atoms with van der Waals surface area (Å²) in [6.45, 7) is 4.86. The van der Waals surface area contributed by atoms with E-state index in [0.717, 1.165) is 49.7 Å². The summed E-state index contributed by atoms with van der Waals surface area (Å²) in [6, 6.07) is 16.3. The lowest BCUT2D eigenvalue weighted by Gasteiger charge is -2.35. The number of carbonyl (C=O) groups excluding carboxylic acids is 1. The fourth-order valence-electron chi connectivity index (χ4n) is 3.98. The van der Waals surface area contributed by atoms with E-state index >= 15 is 0 Å². The number of piperazine rings is 1. The third-order valence-corrected chi connectivity index (χ3v) is 5.55. The minimum Gasteiger partial charge on any atom is -0.454 e. The first kappa shape index (κ1) is 17.1. The molecule has 1 amide bonds. The molecule has 0 aliphatic carbocycles. The zero-order chi connectivity index (χ0) is 18.9. The summed E-state index contributed by atoms with van der Waals surface area (Å²) in [5.74, 6) is 1.83. The molecule has 5 rings (SSSR count). The Hall–Kier alpha value is -2.99. The number of carbonyl (C=O) groups is 1. The van der Waals surface area contributed by atoms with E-state index in [1.54, 1.807) is 0 Å². The van der Waals surface area contributed by atoms with E-state index in [0.29, 0.717) is 13.3 Å². The average molecular weight is 377 g/mol. The number of ether oxygens (including phenoxy) is 2. The van der Waals surface area contributed by atoms with Crippen molar-refractivity contribution in [2.75, 3.05) is 33.0 Å². The Bertz CT molecular complexity index is 1010. The summed E-state index contributed by atoms with van der Waals surface area (Å²) < 4.78 is 12.9. The van der Waals surface area contributed by atoms with Gasteiger partial charge in [-0.1, -0.05) is 24.3 Å². The van der Waals surface area contributed by atoms with Crippen LogP contribution in [0.5, 0.6) is 11.5 Å². The van der Waals surface area contributed by atoms with Gasteiger partial charge in [0.1, 0.15) is 6.54 Å². The van der Waals surface area contributed by atoms with Gasteiger partial charge in [-0.05, 0) is 35.2 Å². The van der Waals surface area contributed by atoms with Gasteiger partial charge in [-0.3, -0.25) is 9.69 Å². The largest absolute Gasteiger partial charge is 0.454 e. The molecule has 144 valence electrons. The minimum atomic E-state index is 0.184. The van der Waals surface area contributed by atoms with Crippen LogP contribution in [0.3, 0.4) is 0 Å². The van der Waals surface area contributed by atoms with Crippen molar-refractivity contribution >= 4 is 16.8 Å². The van der Waals surface area contributed by atoms with Gasteiger partial charge in [-0.15, -0.1) is 0 Å². The average Bonchev–Trinajstić information content (AvgIpc) is 3.35. The molecule has 6 nitrogen and oxygen atoms in total. The second-order valence-electron chi connectivity index (χ2n) is 7.35. The van der Waals surface area contributed by atoms with E-state index in [-0.39, 0.29) is 5.91 Å². The van der Waals surface area contributed by atoms with E-state index in [4.69, 9.17) is 9.47 Å². The van der Waals surface area contributed by atoms with E-state index in [2.05, 4.69) is 35.2 Å². The lowest BCUT2D eigenvalue weighted by molar-refractivity contribution is -0.133. The molecule has 3 aromatic rings. The number of rotatable bonds is 4. The number of hydrogen-bond acceptors (Lipinski definition) is 4. The van der Waals surface area contributed by atoms with Crippen LogP contribution in [0.4, 0.5) is 0 Å². The van der Waals surface area contributed by atoms with Crippen LogP contribution in [-0.4, -0.2) is 53.2 Å². The van der Waals surface area contributed by atoms with Crippen molar-refractivity contribution in [1.82, 2.24) is 14.4 Å². The quantitative estimate of drug-likeness (QED) is 0.701. The van der Waals surface area contributed by atoms with Gasteiger partial charge in [0.25, 0.3) is 0 Å². The first-order valence-corrected chi connectivity index (χ1v) is 9.69. The van der Waals surface area contributed by atoms with Crippen molar-refractivity contribution in [3.63, 3.8) is 0 Å². The first-order chi connectivity index (χ1) is 13.8. The molecule has 1 fully saturated rings. The molecule has 0 saturated carbocycles. The highest BCUT2D eigenvalue weighted by atomic mass is 16.7. The van der Waals surface area contributed by atoms with Crippen molar-refractivity contribution < 1.29 is 14.3 Å². The normalized spacial score (nSPS) is 16.6. The second-order valence-corrected chi connectivity index (χ2v) is 7.35. The third-order valence-electron chi connectivity index (χ3n) is 5.55. The Morgan fingerprint density at radius 1 is 0.929 bits per heavy atom. The van der Waals surface area contributed by atoms with Gasteiger partial charge in [0.15, 0.2) is 11.5 Å². The molecule has 0 atom stereocenters. The molecule has 0 bridgehead atoms. The Balaban J connectivity index is 1.17. The van der Waals surface area contributed by atoms with Crippen molar-refractivity contribution in [2.24, 2.45) is 0 Å². The van der Waals surface area contributed by atoms with Crippen LogP contribution in [0, 0.1) is 0 Å². The fraction of sp³-hybridized carbons (Fsp3) is 0.318. The minimum absolute atomic E-state index is 0.184. The highest BCUT2D eigenvalue weighted by Gasteiger charge is 2.22. The number of benzene rings is 2. The molecule has 2 aliphatic heterocycles. The second kappa shape index (κ2) is 7.20. The highest BCUT2D eigenvalue weighted by Crippen LogP contribution is 2.32. The predicted molar refractivity (Wildman–Crippen MR) is 106 cm³/mol. The molecular formula is C22H23N3O3. The summed E-state index contributed by atoms with van der Waals surface area (Å²) in [5, 5.41) is 1.17. The van der Waals surface area contributed by atoms with Crippen LogP contribution in [0.1, 0.15) is 5.56 Å². The Kier molecular flexibility index (Phi) is 4.41. The number of para-hydroxylation sites is 1. The maximum Gasteiger partial charge on any atom is 0.242 e. The summed E-state index contributed by atoms with van der Waals surface area (Å²) >= 11 is 0. The molecular weight excluding hydrogens is 354 g/mol. The summed E-state index contributed by atoms with van der Waals surface area (Å²) in [6.07, 6.45) is 2.00. The lowest BCUT2D eigenvalue weighted by Crippen LogP contribution is -2.49. The van der Waals surface area contributed by atoms with E-state index in [1.807, 2.05) is 33.9 Å². The van der Waals surface area contributed by atoms with Gasteiger partial charge in [0.05, 0.1) is 0 Å². The number of amides is 1. The topological polar surface area (TPSA) is 46.9 Å². The zero-order valence-electron chi connectivity index (χ0n) is 15.7. The molecule has 2 aliphatic rings. The van der Waals surface area contributed by atoms with E-state index in [1.165, 1.54) is 10.9 Å². The summed E-state index contributed by atoms with van der Waals surface area (Å²) in [4.78, 5) is 17.1. The van der Waals surface area contributed by atoms with Crippen molar-refractivity contribution in [3.8, 4) is 11.5 Å². The Morgan fingerprint density at radius 3 is 2.64 bits per heavy atom. The molecule has 28 heavy (non-hydrogen) atoms. The third kappa shape index (κ3) is 3.31. The first-order valence-electron chi connectivity index (χ1n) is 9.69. The van der Waals surface area contributed by atoms with Crippen LogP contribution >= 0.6 is 0 Å². The van der Waals surface area contributed by atoms with Gasteiger partial charge in [0.2, 0.25) is 12.7 Å². The molecule has 6 heteroatoms. The van der Waals surface area contributed by atoms with Crippen LogP contribution in [0.2, 0.25) is 0 Å². The molecule has 2 aromatic carbocycles.